The Morgan fingerprint density at radius 3 is 2.32 bits per heavy atom. The van der Waals surface area contributed by atoms with Crippen molar-refractivity contribution in [2.45, 2.75) is 0 Å². The van der Waals surface area contributed by atoms with Gasteiger partial charge in [-0.3, -0.25) is 4.79 Å². The highest BCUT2D eigenvalue weighted by molar-refractivity contribution is 7.20. The minimum Gasteiger partial charge on any atom is -0.486 e. The molecule has 0 fully saturated rings. The summed E-state index contributed by atoms with van der Waals surface area (Å²) >= 11 is 1.49. The molecule has 0 saturated heterocycles. The largest absolute Gasteiger partial charge is 0.486 e. The standard InChI is InChI=1S/C28H20N2O3S/c31-28(27-17-20-4-1-2-7-26(20)34-27)29-21-11-8-18(9-12-21)22-5-3-6-23(30-22)19-10-13-24-25(16-19)33-15-14-32-24/h1-13,16-17H,14-15H2,(H,29,31). The number of fused-ring (bicyclic) bond motifs is 2. The van der Waals surface area contributed by atoms with Gasteiger partial charge in [0, 0.05) is 21.5 Å². The number of carbonyl (C=O) groups is 1. The molecule has 1 amide bonds. The van der Waals surface area contributed by atoms with Crippen molar-refractivity contribution in [2.75, 3.05) is 18.5 Å². The SMILES string of the molecule is O=C(Nc1ccc(-c2cccc(-c3ccc4c(c3)OCCO4)n2)cc1)c1cc2ccccc2s1. The monoisotopic (exact) mass is 464 g/mol. The number of hydrogen-bond acceptors (Lipinski definition) is 5. The fourth-order valence-corrected chi connectivity index (χ4v) is 4.93. The third-order valence-electron chi connectivity index (χ3n) is 5.67. The van der Waals surface area contributed by atoms with E-state index in [1.807, 2.05) is 91.0 Å². The van der Waals surface area contributed by atoms with Gasteiger partial charge in [-0.25, -0.2) is 4.98 Å². The maximum Gasteiger partial charge on any atom is 0.265 e. The van der Waals surface area contributed by atoms with Crippen molar-refractivity contribution in [1.82, 2.24) is 4.98 Å². The highest BCUT2D eigenvalue weighted by Crippen LogP contribution is 2.34. The summed E-state index contributed by atoms with van der Waals surface area (Å²) in [6.45, 7) is 1.12. The molecule has 6 heteroatoms. The lowest BCUT2D eigenvalue weighted by atomic mass is 10.1. The van der Waals surface area contributed by atoms with Crippen LogP contribution >= 0.6 is 11.3 Å². The number of ether oxygens (including phenoxy) is 2. The topological polar surface area (TPSA) is 60.5 Å². The number of carbonyl (C=O) groups excluding carboxylic acids is 1. The molecule has 1 aliphatic rings. The summed E-state index contributed by atoms with van der Waals surface area (Å²) in [5, 5.41) is 4.07. The summed E-state index contributed by atoms with van der Waals surface area (Å²) < 4.78 is 12.4. The molecule has 5 nitrogen and oxygen atoms in total. The molecule has 0 spiro atoms. The number of pyridine rings is 1. The van der Waals surface area contributed by atoms with Gasteiger partial charge < -0.3 is 14.8 Å². The van der Waals surface area contributed by atoms with E-state index < -0.39 is 0 Å². The number of hydrogen-bond donors (Lipinski definition) is 1. The van der Waals surface area contributed by atoms with E-state index in [1.54, 1.807) is 0 Å². The van der Waals surface area contributed by atoms with Crippen LogP contribution in [0.3, 0.4) is 0 Å². The maximum absolute atomic E-state index is 12.7. The summed E-state index contributed by atoms with van der Waals surface area (Å²) in [6.07, 6.45) is 0. The molecular weight excluding hydrogens is 444 g/mol. The fourth-order valence-electron chi connectivity index (χ4n) is 3.97. The summed E-state index contributed by atoms with van der Waals surface area (Å²) in [5.74, 6) is 1.40. The summed E-state index contributed by atoms with van der Waals surface area (Å²) in [6, 6.07) is 29.5. The molecule has 0 saturated carbocycles. The second kappa shape index (κ2) is 8.65. The first-order valence-electron chi connectivity index (χ1n) is 11.0. The van der Waals surface area contributed by atoms with Crippen molar-refractivity contribution in [3.8, 4) is 34.0 Å². The predicted octanol–water partition coefficient (Wildman–Crippen LogP) is 6.65. The van der Waals surface area contributed by atoms with Gasteiger partial charge >= 0.3 is 0 Å². The van der Waals surface area contributed by atoms with Crippen LogP contribution in [0.1, 0.15) is 9.67 Å². The van der Waals surface area contributed by atoms with Crippen LogP contribution in [0.4, 0.5) is 5.69 Å². The van der Waals surface area contributed by atoms with Crippen molar-refractivity contribution in [3.05, 3.63) is 95.9 Å². The van der Waals surface area contributed by atoms with Crippen LogP contribution in [0.25, 0.3) is 32.6 Å². The van der Waals surface area contributed by atoms with Gasteiger partial charge in [0.2, 0.25) is 0 Å². The molecule has 0 bridgehead atoms. The summed E-state index contributed by atoms with van der Waals surface area (Å²) in [4.78, 5) is 18.2. The average molecular weight is 465 g/mol. The van der Waals surface area contributed by atoms with Gasteiger partial charge in [-0.05, 0) is 60.0 Å². The zero-order valence-corrected chi connectivity index (χ0v) is 19.0. The van der Waals surface area contributed by atoms with E-state index >= 15 is 0 Å². The molecule has 3 heterocycles. The van der Waals surface area contributed by atoms with E-state index in [1.165, 1.54) is 11.3 Å². The minimum atomic E-state index is -0.104. The molecular formula is C28H20N2O3S. The fraction of sp³-hybridized carbons (Fsp3) is 0.0714. The second-order valence-electron chi connectivity index (χ2n) is 7.95. The molecule has 1 N–H and O–H groups in total. The Balaban J connectivity index is 1.21. The quantitative estimate of drug-likeness (QED) is 0.323. The average Bonchev–Trinajstić information content (AvgIpc) is 3.34. The molecule has 5 aromatic rings. The Labute approximate surface area is 200 Å². The number of amides is 1. The molecule has 1 aliphatic heterocycles. The van der Waals surface area contributed by atoms with Crippen LogP contribution in [0.2, 0.25) is 0 Å². The van der Waals surface area contributed by atoms with E-state index in [4.69, 9.17) is 14.5 Å². The first-order chi connectivity index (χ1) is 16.7. The number of nitrogens with one attached hydrogen (secondary N) is 1. The van der Waals surface area contributed by atoms with E-state index in [0.29, 0.717) is 18.1 Å². The summed E-state index contributed by atoms with van der Waals surface area (Å²) in [7, 11) is 0. The first kappa shape index (κ1) is 20.4. The van der Waals surface area contributed by atoms with Crippen molar-refractivity contribution >= 4 is 33.0 Å². The van der Waals surface area contributed by atoms with Crippen LogP contribution in [-0.2, 0) is 0 Å². The third-order valence-corrected chi connectivity index (χ3v) is 6.79. The van der Waals surface area contributed by atoms with Crippen LogP contribution in [0.5, 0.6) is 11.5 Å². The van der Waals surface area contributed by atoms with Crippen molar-refractivity contribution in [2.24, 2.45) is 0 Å². The Kier molecular flexibility index (Phi) is 5.20. The zero-order valence-electron chi connectivity index (χ0n) is 18.2. The van der Waals surface area contributed by atoms with Gasteiger partial charge in [0.1, 0.15) is 13.2 Å². The van der Waals surface area contributed by atoms with E-state index in [-0.39, 0.29) is 5.91 Å². The molecule has 6 rings (SSSR count). The van der Waals surface area contributed by atoms with Gasteiger partial charge in [-0.2, -0.15) is 0 Å². The molecule has 2 aromatic heterocycles. The Bertz CT molecular complexity index is 1480. The second-order valence-corrected chi connectivity index (χ2v) is 9.03. The van der Waals surface area contributed by atoms with Gasteiger partial charge in [0.25, 0.3) is 5.91 Å². The number of nitrogens with zero attached hydrogens (tertiary/aromatic N) is 1. The normalized spacial score (nSPS) is 12.5. The maximum atomic E-state index is 12.7. The molecule has 0 radical (unpaired) electrons. The highest BCUT2D eigenvalue weighted by Gasteiger charge is 2.14. The molecule has 0 atom stereocenters. The van der Waals surface area contributed by atoms with E-state index in [0.717, 1.165) is 49.8 Å². The number of rotatable bonds is 4. The van der Waals surface area contributed by atoms with Crippen LogP contribution in [-0.4, -0.2) is 24.1 Å². The van der Waals surface area contributed by atoms with Gasteiger partial charge in [0.05, 0.1) is 16.3 Å². The lowest BCUT2D eigenvalue weighted by molar-refractivity contribution is 0.103. The number of aromatic nitrogens is 1. The molecule has 166 valence electrons. The Hall–Kier alpha value is -4.16. The van der Waals surface area contributed by atoms with Crippen LogP contribution < -0.4 is 14.8 Å². The van der Waals surface area contributed by atoms with Gasteiger partial charge in [-0.1, -0.05) is 36.4 Å². The molecule has 34 heavy (non-hydrogen) atoms. The highest BCUT2D eigenvalue weighted by atomic mass is 32.1. The van der Waals surface area contributed by atoms with Crippen molar-refractivity contribution in [1.29, 1.82) is 0 Å². The molecule has 0 aliphatic carbocycles. The lowest BCUT2D eigenvalue weighted by Crippen LogP contribution is -2.15. The number of thiophene rings is 1. The van der Waals surface area contributed by atoms with E-state index in [2.05, 4.69) is 5.32 Å². The third kappa shape index (κ3) is 4.00. The number of anilines is 1. The first-order valence-corrected chi connectivity index (χ1v) is 11.8. The van der Waals surface area contributed by atoms with E-state index in [9.17, 15) is 4.79 Å². The lowest BCUT2D eigenvalue weighted by Gasteiger charge is -2.18. The molecule has 3 aromatic carbocycles. The summed E-state index contributed by atoms with van der Waals surface area (Å²) in [5.41, 5.74) is 4.40. The molecule has 0 unspecified atom stereocenters. The number of benzene rings is 3. The Morgan fingerprint density at radius 1 is 0.765 bits per heavy atom. The minimum absolute atomic E-state index is 0.104. The zero-order chi connectivity index (χ0) is 22.9. The Morgan fingerprint density at radius 2 is 1.50 bits per heavy atom. The van der Waals surface area contributed by atoms with Crippen LogP contribution in [0, 0.1) is 0 Å². The van der Waals surface area contributed by atoms with Crippen molar-refractivity contribution in [3.63, 3.8) is 0 Å². The van der Waals surface area contributed by atoms with Gasteiger partial charge in [-0.15, -0.1) is 11.3 Å². The van der Waals surface area contributed by atoms with Gasteiger partial charge in [0.15, 0.2) is 11.5 Å². The van der Waals surface area contributed by atoms with Crippen molar-refractivity contribution < 1.29 is 14.3 Å². The smallest absolute Gasteiger partial charge is 0.265 e. The van der Waals surface area contributed by atoms with Crippen LogP contribution in [0.15, 0.2) is 91.0 Å². The predicted molar refractivity (Wildman–Crippen MR) is 136 cm³/mol.